The number of H-pyrrole nitrogens is 1. The van der Waals surface area contributed by atoms with Gasteiger partial charge in [-0.25, -0.2) is 18.4 Å². The van der Waals surface area contributed by atoms with Gasteiger partial charge in [0, 0.05) is 52.0 Å². The Balaban J connectivity index is 1.18. The van der Waals surface area contributed by atoms with Crippen molar-refractivity contribution in [1.82, 2.24) is 24.6 Å². The summed E-state index contributed by atoms with van der Waals surface area (Å²) in [4.78, 5) is 41.9. The lowest BCUT2D eigenvalue weighted by Crippen LogP contribution is -2.45. The number of aliphatic hydroxyl groups is 1. The molecule has 0 aliphatic rings. The third-order valence-corrected chi connectivity index (χ3v) is 13.5. The SMILES string of the molecule is CC(C)CN(C(CO)c1ccc(CCC(=O)C(NC(=O)c2ccccc2)C(c2ccccc2)c2c[nH]c3ncccc23)s1)S(=O)(=O)c1ccc2ncsc2c1. The molecule has 3 N–H and O–H groups in total. The molecule has 7 aromatic rings. The quantitative estimate of drug-likeness (QED) is 0.0908. The number of ketones is 1. The van der Waals surface area contributed by atoms with Crippen molar-refractivity contribution in [3.05, 3.63) is 147 Å². The van der Waals surface area contributed by atoms with Gasteiger partial charge in [-0.2, -0.15) is 4.31 Å². The highest BCUT2D eigenvalue weighted by molar-refractivity contribution is 7.89. The standard InChI is InChI=1S/C42H41N5O5S3/c1-27(2)24-47(55(51,52)31-17-18-34-38(22-31)53-26-45-34)35(25-48)37-20-16-30(54-37)15-19-36(49)40(46-42(50)29-12-7-4-8-13-29)39(28-10-5-3-6-11-28)33-23-44-41-32(33)14-9-21-43-41/h3-14,16-18,20-23,26-27,35,39-40,48H,15,19,24-25H2,1-2H3,(H,43,44)(H,46,50). The zero-order chi connectivity index (χ0) is 38.5. The molecular weight excluding hydrogens is 751 g/mol. The summed E-state index contributed by atoms with van der Waals surface area (Å²) >= 11 is 2.75. The van der Waals surface area contributed by atoms with Crippen molar-refractivity contribution >= 4 is 65.6 Å². The number of carbonyl (C=O) groups excluding carboxylic acids is 2. The van der Waals surface area contributed by atoms with Gasteiger partial charge in [0.15, 0.2) is 5.78 Å². The summed E-state index contributed by atoms with van der Waals surface area (Å²) < 4.78 is 30.5. The van der Waals surface area contributed by atoms with Gasteiger partial charge in [-0.15, -0.1) is 22.7 Å². The van der Waals surface area contributed by atoms with E-state index in [9.17, 15) is 23.1 Å². The number of rotatable bonds is 16. The van der Waals surface area contributed by atoms with Crippen molar-refractivity contribution in [1.29, 1.82) is 0 Å². The van der Waals surface area contributed by atoms with Crippen LogP contribution in [0.2, 0.25) is 0 Å². The van der Waals surface area contributed by atoms with E-state index in [4.69, 9.17) is 0 Å². The molecule has 0 saturated heterocycles. The highest BCUT2D eigenvalue weighted by Crippen LogP contribution is 2.36. The van der Waals surface area contributed by atoms with Crippen LogP contribution in [0, 0.1) is 5.92 Å². The fraction of sp³-hybridized carbons (Fsp3) is 0.238. The maximum Gasteiger partial charge on any atom is 0.251 e. The van der Waals surface area contributed by atoms with Crippen molar-refractivity contribution in [2.75, 3.05) is 13.2 Å². The molecule has 10 nitrogen and oxygen atoms in total. The number of hydrogen-bond donors (Lipinski definition) is 3. The molecule has 0 saturated carbocycles. The average Bonchev–Trinajstić information content (AvgIpc) is 3.98. The Kier molecular flexibility index (Phi) is 11.6. The zero-order valence-electron chi connectivity index (χ0n) is 30.3. The van der Waals surface area contributed by atoms with Crippen molar-refractivity contribution in [2.24, 2.45) is 5.92 Å². The van der Waals surface area contributed by atoms with E-state index in [0.29, 0.717) is 22.5 Å². The fourth-order valence-corrected chi connectivity index (χ4v) is 10.7. The number of Topliss-reactive ketones (excluding diaryl/α,β-unsaturated/α-hetero) is 1. The van der Waals surface area contributed by atoms with Crippen molar-refractivity contribution in [3.8, 4) is 0 Å². The monoisotopic (exact) mass is 791 g/mol. The van der Waals surface area contributed by atoms with Crippen LogP contribution in [0.4, 0.5) is 0 Å². The number of aromatic nitrogens is 3. The van der Waals surface area contributed by atoms with Gasteiger partial charge < -0.3 is 15.4 Å². The van der Waals surface area contributed by atoms with Crippen molar-refractivity contribution < 1.29 is 23.1 Å². The molecule has 0 spiro atoms. The number of hydrogen-bond acceptors (Lipinski definition) is 9. The van der Waals surface area contributed by atoms with Crippen molar-refractivity contribution in [2.45, 2.75) is 49.6 Å². The van der Waals surface area contributed by atoms with Gasteiger partial charge in [-0.3, -0.25) is 9.59 Å². The summed E-state index contributed by atoms with van der Waals surface area (Å²) in [6.45, 7) is 3.67. The Morgan fingerprint density at radius 2 is 1.69 bits per heavy atom. The van der Waals surface area contributed by atoms with E-state index in [2.05, 4.69) is 20.3 Å². The lowest BCUT2D eigenvalue weighted by atomic mass is 9.82. The largest absolute Gasteiger partial charge is 0.394 e. The number of carbonyl (C=O) groups is 2. The molecule has 4 aromatic heterocycles. The summed E-state index contributed by atoms with van der Waals surface area (Å²) in [6.07, 6.45) is 4.03. The van der Waals surface area contributed by atoms with Crippen LogP contribution in [0.3, 0.4) is 0 Å². The predicted molar refractivity (Wildman–Crippen MR) is 218 cm³/mol. The van der Waals surface area contributed by atoms with E-state index in [0.717, 1.165) is 31.6 Å². The lowest BCUT2D eigenvalue weighted by molar-refractivity contribution is -0.121. The predicted octanol–water partition coefficient (Wildman–Crippen LogP) is 7.75. The molecule has 0 aliphatic heterocycles. The normalized spacial score (nSPS) is 13.7. The zero-order valence-corrected chi connectivity index (χ0v) is 32.8. The minimum atomic E-state index is -4.00. The molecular formula is C42H41N5O5S3. The Bertz CT molecular complexity index is 2510. The van der Waals surface area contributed by atoms with Gasteiger partial charge in [0.2, 0.25) is 10.0 Å². The fourth-order valence-electron chi connectivity index (χ4n) is 6.93. The van der Waals surface area contributed by atoms with Crippen LogP contribution in [-0.2, 0) is 21.2 Å². The molecule has 1 amide bonds. The van der Waals surface area contributed by atoms with E-state index >= 15 is 0 Å². The maximum absolute atomic E-state index is 14.6. The van der Waals surface area contributed by atoms with E-state index in [1.54, 1.807) is 54.2 Å². The summed E-state index contributed by atoms with van der Waals surface area (Å²) in [5.74, 6) is -1.06. The number of pyridine rings is 1. The van der Waals surface area contributed by atoms with Crippen LogP contribution in [0.5, 0.6) is 0 Å². The van der Waals surface area contributed by atoms with Gasteiger partial charge in [0.25, 0.3) is 5.91 Å². The van der Waals surface area contributed by atoms with E-state index in [-0.39, 0.29) is 35.5 Å². The first-order valence-electron chi connectivity index (χ1n) is 18.0. The summed E-state index contributed by atoms with van der Waals surface area (Å²) in [5.41, 5.74) is 5.24. The first kappa shape index (κ1) is 38.2. The number of sulfonamides is 1. The van der Waals surface area contributed by atoms with E-state index < -0.39 is 34.6 Å². The second-order valence-corrected chi connectivity index (χ2v) is 17.7. The van der Waals surface area contributed by atoms with Crippen molar-refractivity contribution in [3.63, 3.8) is 0 Å². The Labute approximate surface area is 328 Å². The topological polar surface area (TPSA) is 145 Å². The number of benzene rings is 3. The van der Waals surface area contributed by atoms with Gasteiger partial charge >= 0.3 is 0 Å². The Morgan fingerprint density at radius 1 is 0.927 bits per heavy atom. The van der Waals surface area contributed by atoms with Gasteiger partial charge in [-0.05, 0) is 78.1 Å². The third kappa shape index (κ3) is 8.31. The Morgan fingerprint density at radius 3 is 2.44 bits per heavy atom. The lowest BCUT2D eigenvalue weighted by Gasteiger charge is -2.30. The number of fused-ring (bicyclic) bond motifs is 2. The number of thiophene rings is 1. The molecule has 4 heterocycles. The number of aromatic amines is 1. The van der Waals surface area contributed by atoms with E-state index in [1.807, 2.05) is 80.7 Å². The second-order valence-electron chi connectivity index (χ2n) is 13.8. The number of amides is 1. The number of thiazole rings is 1. The van der Waals surface area contributed by atoms with Crippen LogP contribution < -0.4 is 5.32 Å². The number of aliphatic hydroxyl groups excluding tert-OH is 1. The summed E-state index contributed by atoms with van der Waals surface area (Å²) in [6, 6.07) is 29.2. The molecule has 282 valence electrons. The summed E-state index contributed by atoms with van der Waals surface area (Å²) in [5, 5.41) is 14.7. The highest BCUT2D eigenvalue weighted by atomic mass is 32.2. The van der Waals surface area contributed by atoms with Gasteiger partial charge in [-0.1, -0.05) is 62.4 Å². The van der Waals surface area contributed by atoms with Crippen LogP contribution in [0.25, 0.3) is 21.3 Å². The number of aryl methyl sites for hydroxylation is 1. The first-order chi connectivity index (χ1) is 26.6. The molecule has 0 bridgehead atoms. The van der Waals surface area contributed by atoms with Crippen LogP contribution in [-0.4, -0.2) is 63.7 Å². The van der Waals surface area contributed by atoms with Gasteiger partial charge in [0.1, 0.15) is 5.65 Å². The maximum atomic E-state index is 14.6. The molecule has 13 heteroatoms. The first-order valence-corrected chi connectivity index (χ1v) is 21.2. The van der Waals surface area contributed by atoms with Crippen LogP contribution in [0.15, 0.2) is 126 Å². The minimum Gasteiger partial charge on any atom is -0.394 e. The second kappa shape index (κ2) is 16.8. The molecule has 3 atom stereocenters. The molecule has 0 aliphatic carbocycles. The van der Waals surface area contributed by atoms with Gasteiger partial charge in [0.05, 0.1) is 39.3 Å². The molecule has 0 radical (unpaired) electrons. The number of nitrogens with one attached hydrogen (secondary N) is 2. The minimum absolute atomic E-state index is 0.0125. The average molecular weight is 792 g/mol. The Hall–Kier alpha value is -5.05. The number of nitrogens with zero attached hydrogens (tertiary/aromatic N) is 3. The third-order valence-electron chi connectivity index (χ3n) is 9.58. The van der Waals surface area contributed by atoms with Crippen LogP contribution >= 0.6 is 22.7 Å². The molecule has 55 heavy (non-hydrogen) atoms. The molecule has 3 aromatic carbocycles. The van der Waals surface area contributed by atoms with E-state index in [1.165, 1.54) is 27.0 Å². The highest BCUT2D eigenvalue weighted by Gasteiger charge is 2.36. The summed E-state index contributed by atoms with van der Waals surface area (Å²) in [7, 11) is -4.00. The molecule has 7 rings (SSSR count). The molecule has 3 unspecified atom stereocenters. The molecule has 0 fully saturated rings. The smallest absolute Gasteiger partial charge is 0.251 e. The van der Waals surface area contributed by atoms with Crippen LogP contribution in [0.1, 0.15) is 63.5 Å².